The Labute approximate surface area is 224 Å². The van der Waals surface area contributed by atoms with E-state index in [0.29, 0.717) is 17.5 Å². The van der Waals surface area contributed by atoms with Crippen molar-refractivity contribution in [2.45, 2.75) is 56.3 Å². The lowest BCUT2D eigenvalue weighted by Gasteiger charge is -2.29. The number of aliphatic carboxylic acids is 2. The lowest BCUT2D eigenvalue weighted by atomic mass is 10.0. The van der Waals surface area contributed by atoms with Gasteiger partial charge in [-0.25, -0.2) is 4.79 Å². The third-order valence-electron chi connectivity index (χ3n) is 6.46. The Bertz CT molecular complexity index is 1190. The lowest BCUT2D eigenvalue weighted by molar-refractivity contribution is -0.149. The highest BCUT2D eigenvalue weighted by Crippen LogP contribution is 2.20. The molecule has 3 amide bonds. The summed E-state index contributed by atoms with van der Waals surface area (Å²) in [5.41, 5.74) is 7.31. The van der Waals surface area contributed by atoms with Crippen LogP contribution >= 0.6 is 0 Å². The molecule has 1 fully saturated rings. The Hall–Kier alpha value is -4.45. The zero-order valence-electron chi connectivity index (χ0n) is 21.2. The number of aromatic hydroxyl groups is 1. The highest BCUT2D eigenvalue weighted by molar-refractivity contribution is 5.96. The fourth-order valence-electron chi connectivity index (χ4n) is 4.45. The first-order valence-corrected chi connectivity index (χ1v) is 12.5. The summed E-state index contributed by atoms with van der Waals surface area (Å²) in [6, 6.07) is 9.88. The van der Waals surface area contributed by atoms with Crippen LogP contribution in [0.3, 0.4) is 0 Å². The van der Waals surface area contributed by atoms with E-state index in [-0.39, 0.29) is 31.6 Å². The Morgan fingerprint density at radius 3 is 2.10 bits per heavy atom. The van der Waals surface area contributed by atoms with Crippen LogP contribution in [0.1, 0.15) is 30.4 Å². The highest BCUT2D eigenvalue weighted by atomic mass is 16.4. The predicted octanol–water partition coefficient (Wildman–Crippen LogP) is 0.0246. The molecule has 39 heavy (non-hydrogen) atoms. The van der Waals surface area contributed by atoms with Crippen LogP contribution in [-0.4, -0.2) is 80.6 Å². The van der Waals surface area contributed by atoms with E-state index in [1.165, 1.54) is 17.0 Å². The molecule has 0 bridgehead atoms. The Kier molecular flexibility index (Phi) is 9.98. The SMILES string of the molecule is NC(Cc1ccc(O)cc1)C(=O)NC(CC(=O)O)C(=O)NC(Cc1ccccc1)C(=O)N1CCCC1C(=O)O. The van der Waals surface area contributed by atoms with Gasteiger partial charge in [0.25, 0.3) is 0 Å². The van der Waals surface area contributed by atoms with Crippen LogP contribution in [0.5, 0.6) is 5.75 Å². The number of nitrogens with zero attached hydrogens (tertiary/aromatic N) is 1. The fourth-order valence-corrected chi connectivity index (χ4v) is 4.45. The van der Waals surface area contributed by atoms with Gasteiger partial charge in [0.15, 0.2) is 0 Å². The van der Waals surface area contributed by atoms with Crippen molar-refractivity contribution in [3.05, 3.63) is 65.7 Å². The number of rotatable bonds is 12. The molecule has 1 heterocycles. The van der Waals surface area contributed by atoms with Crippen LogP contribution in [0, 0.1) is 0 Å². The van der Waals surface area contributed by atoms with Crippen molar-refractivity contribution in [1.82, 2.24) is 15.5 Å². The van der Waals surface area contributed by atoms with Crippen molar-refractivity contribution in [3.63, 3.8) is 0 Å². The van der Waals surface area contributed by atoms with Gasteiger partial charge in [-0.2, -0.15) is 0 Å². The van der Waals surface area contributed by atoms with Gasteiger partial charge in [-0.05, 0) is 42.5 Å². The standard InChI is InChI=1S/C27H32N4O8/c28-19(13-17-8-10-18(32)11-9-17)24(35)29-20(15-23(33)34)25(36)30-21(14-16-5-2-1-3-6-16)26(37)31-12-4-7-22(31)27(38)39/h1-3,5-6,8-11,19-22,32H,4,7,12-15,28H2,(H,29,35)(H,30,36)(H,33,34)(H,38,39). The van der Waals surface area contributed by atoms with Crippen LogP contribution in [0.15, 0.2) is 54.6 Å². The predicted molar refractivity (Wildman–Crippen MR) is 138 cm³/mol. The number of phenols is 1. The average molecular weight is 541 g/mol. The molecule has 4 unspecified atom stereocenters. The number of phenolic OH excluding ortho intramolecular Hbond substituents is 1. The van der Waals surface area contributed by atoms with E-state index in [2.05, 4.69) is 10.6 Å². The lowest BCUT2D eigenvalue weighted by Crippen LogP contribution is -2.58. The quantitative estimate of drug-likeness (QED) is 0.215. The van der Waals surface area contributed by atoms with Crippen LogP contribution in [-0.2, 0) is 36.8 Å². The van der Waals surface area contributed by atoms with Crippen molar-refractivity contribution in [1.29, 1.82) is 0 Å². The smallest absolute Gasteiger partial charge is 0.326 e. The summed E-state index contributed by atoms with van der Waals surface area (Å²) in [6.45, 7) is 0.207. The van der Waals surface area contributed by atoms with Crippen molar-refractivity contribution in [3.8, 4) is 5.75 Å². The van der Waals surface area contributed by atoms with Gasteiger partial charge >= 0.3 is 11.9 Å². The van der Waals surface area contributed by atoms with Gasteiger partial charge in [-0.1, -0.05) is 42.5 Å². The monoisotopic (exact) mass is 540 g/mol. The second-order valence-corrected chi connectivity index (χ2v) is 9.41. The summed E-state index contributed by atoms with van der Waals surface area (Å²) in [5.74, 6) is -4.77. The molecule has 0 aliphatic carbocycles. The van der Waals surface area contributed by atoms with Crippen LogP contribution in [0.4, 0.5) is 0 Å². The number of carbonyl (C=O) groups excluding carboxylic acids is 3. The number of hydrogen-bond acceptors (Lipinski definition) is 7. The maximum absolute atomic E-state index is 13.4. The Morgan fingerprint density at radius 1 is 0.872 bits per heavy atom. The maximum atomic E-state index is 13.4. The largest absolute Gasteiger partial charge is 0.508 e. The molecule has 1 aliphatic heterocycles. The maximum Gasteiger partial charge on any atom is 0.326 e. The summed E-state index contributed by atoms with van der Waals surface area (Å²) < 4.78 is 0. The van der Waals surface area contributed by atoms with Crippen molar-refractivity contribution in [2.75, 3.05) is 6.54 Å². The molecule has 1 saturated heterocycles. The number of benzene rings is 2. The number of amides is 3. The number of carboxylic acids is 2. The number of likely N-dealkylation sites (tertiary alicyclic amines) is 1. The second kappa shape index (κ2) is 13.4. The molecule has 4 atom stereocenters. The second-order valence-electron chi connectivity index (χ2n) is 9.41. The third-order valence-corrected chi connectivity index (χ3v) is 6.46. The Morgan fingerprint density at radius 2 is 1.49 bits per heavy atom. The molecular weight excluding hydrogens is 508 g/mol. The summed E-state index contributed by atoms with van der Waals surface area (Å²) >= 11 is 0. The van der Waals surface area contributed by atoms with Crippen molar-refractivity contribution in [2.24, 2.45) is 5.73 Å². The van der Waals surface area contributed by atoms with Gasteiger partial charge in [-0.15, -0.1) is 0 Å². The minimum absolute atomic E-state index is 0.0301. The zero-order valence-corrected chi connectivity index (χ0v) is 21.2. The van der Waals surface area contributed by atoms with Gasteiger partial charge in [0.05, 0.1) is 12.5 Å². The van der Waals surface area contributed by atoms with Gasteiger partial charge in [0.2, 0.25) is 17.7 Å². The summed E-state index contributed by atoms with van der Waals surface area (Å²) in [4.78, 5) is 63.7. The molecule has 2 aromatic rings. The normalized spacial score (nSPS) is 17.1. The first-order chi connectivity index (χ1) is 18.5. The number of nitrogens with one attached hydrogen (secondary N) is 2. The van der Waals surface area contributed by atoms with E-state index in [1.807, 2.05) is 0 Å². The molecule has 12 nitrogen and oxygen atoms in total. The molecule has 0 radical (unpaired) electrons. The molecule has 0 aromatic heterocycles. The number of carboxylic acid groups (broad SMARTS) is 2. The molecular formula is C27H32N4O8. The van der Waals surface area contributed by atoms with E-state index >= 15 is 0 Å². The molecule has 3 rings (SSSR count). The molecule has 1 aliphatic rings. The Balaban J connectivity index is 1.76. The van der Waals surface area contributed by atoms with Crippen LogP contribution < -0.4 is 16.4 Å². The fraction of sp³-hybridized carbons (Fsp3) is 0.370. The minimum atomic E-state index is -1.54. The number of carbonyl (C=O) groups is 5. The van der Waals surface area contributed by atoms with Crippen LogP contribution in [0.2, 0.25) is 0 Å². The van der Waals surface area contributed by atoms with Crippen LogP contribution in [0.25, 0.3) is 0 Å². The van der Waals surface area contributed by atoms with Crippen molar-refractivity contribution < 1.29 is 39.3 Å². The summed E-state index contributed by atoms with van der Waals surface area (Å²) in [7, 11) is 0. The highest BCUT2D eigenvalue weighted by Gasteiger charge is 2.38. The van der Waals surface area contributed by atoms with Gasteiger partial charge in [-0.3, -0.25) is 19.2 Å². The average Bonchev–Trinajstić information content (AvgIpc) is 3.39. The molecule has 7 N–H and O–H groups in total. The van der Waals surface area contributed by atoms with E-state index in [9.17, 15) is 39.3 Å². The van der Waals surface area contributed by atoms with Gasteiger partial charge in [0.1, 0.15) is 23.9 Å². The van der Waals surface area contributed by atoms with E-state index in [1.54, 1.807) is 42.5 Å². The molecule has 2 aromatic carbocycles. The van der Waals surface area contributed by atoms with E-state index < -0.39 is 60.2 Å². The number of hydrogen-bond donors (Lipinski definition) is 6. The first-order valence-electron chi connectivity index (χ1n) is 12.5. The van der Waals surface area contributed by atoms with E-state index in [4.69, 9.17) is 5.73 Å². The molecule has 12 heteroatoms. The molecule has 208 valence electrons. The minimum Gasteiger partial charge on any atom is -0.508 e. The number of nitrogens with two attached hydrogens (primary N) is 1. The third kappa shape index (κ3) is 8.27. The molecule has 0 saturated carbocycles. The summed E-state index contributed by atoms with van der Waals surface area (Å²) in [6.07, 6.45) is 0.1000. The molecule has 0 spiro atoms. The zero-order chi connectivity index (χ0) is 28.5. The summed E-state index contributed by atoms with van der Waals surface area (Å²) in [5, 5.41) is 33.2. The van der Waals surface area contributed by atoms with Gasteiger partial charge < -0.3 is 36.6 Å². The van der Waals surface area contributed by atoms with E-state index in [0.717, 1.165) is 0 Å². The van der Waals surface area contributed by atoms with Gasteiger partial charge in [0, 0.05) is 13.0 Å². The topological polar surface area (TPSA) is 199 Å². The first kappa shape index (κ1) is 29.1. The van der Waals surface area contributed by atoms with Crippen molar-refractivity contribution >= 4 is 29.7 Å².